The van der Waals surface area contributed by atoms with E-state index in [-0.39, 0.29) is 11.6 Å². The molecule has 2 saturated heterocycles. The highest BCUT2D eigenvalue weighted by molar-refractivity contribution is 5.80. The Balaban J connectivity index is 1.63. The Hall–Kier alpha value is -1.39. The molecule has 0 amide bonds. The van der Waals surface area contributed by atoms with Gasteiger partial charge in [-0.1, -0.05) is 56.9 Å². The van der Waals surface area contributed by atoms with Crippen LogP contribution < -0.4 is 5.32 Å². The van der Waals surface area contributed by atoms with Crippen LogP contribution in [-0.2, 0) is 9.53 Å². The minimum Gasteiger partial charge on any atom is -0.478 e. The van der Waals surface area contributed by atoms with Crippen LogP contribution >= 0.6 is 0 Å². The van der Waals surface area contributed by atoms with Crippen LogP contribution in [0, 0.1) is 5.92 Å². The quantitative estimate of drug-likeness (QED) is 0.431. The minimum atomic E-state index is -0.920. The van der Waals surface area contributed by atoms with Crippen LogP contribution in [0.1, 0.15) is 39.0 Å². The van der Waals surface area contributed by atoms with Gasteiger partial charge < -0.3 is 15.2 Å². The summed E-state index contributed by atoms with van der Waals surface area (Å²) in [5.41, 5.74) is 0.877. The zero-order valence-electron chi connectivity index (χ0n) is 13.1. The summed E-state index contributed by atoms with van der Waals surface area (Å²) in [4.78, 5) is 10.6. The first-order valence-corrected chi connectivity index (χ1v) is 8.39. The van der Waals surface area contributed by atoms with Crippen molar-refractivity contribution >= 4 is 5.97 Å². The van der Waals surface area contributed by atoms with Gasteiger partial charge in [0.05, 0.1) is 12.1 Å². The van der Waals surface area contributed by atoms with Gasteiger partial charge in [-0.2, -0.15) is 0 Å². The second-order valence-corrected chi connectivity index (χ2v) is 6.51. The number of allylic oxidation sites excluding steroid dienone is 2. The standard InChI is InChI=1S/C18H25NO3/c1-2-3-4-5-7-13-12-19-15-11-10-14(8-6-9-16(20)21)18(15)17(13)22-18/h6,8-11,13,15,17,19H,2-5,7,12H2,1H3,(H,20,21)/b9-6+,14-8?/t13-,15-,17+,18-/m0/s1. The van der Waals surface area contributed by atoms with E-state index < -0.39 is 5.97 Å². The van der Waals surface area contributed by atoms with E-state index in [9.17, 15) is 4.79 Å². The number of carbonyl (C=O) groups is 1. The van der Waals surface area contributed by atoms with Crippen LogP contribution in [0.25, 0.3) is 0 Å². The van der Waals surface area contributed by atoms with Crippen molar-refractivity contribution in [2.45, 2.75) is 56.8 Å². The maximum atomic E-state index is 10.6. The van der Waals surface area contributed by atoms with Gasteiger partial charge >= 0.3 is 5.97 Å². The molecule has 0 aromatic heterocycles. The zero-order chi connectivity index (χ0) is 15.6. The molecule has 0 saturated carbocycles. The summed E-state index contributed by atoms with van der Waals surface area (Å²) < 4.78 is 6.15. The smallest absolute Gasteiger partial charge is 0.328 e. The number of nitrogens with one attached hydrogen (secondary N) is 1. The Morgan fingerprint density at radius 3 is 3.14 bits per heavy atom. The molecule has 120 valence electrons. The second kappa shape index (κ2) is 6.39. The fraction of sp³-hybridized carbons (Fsp3) is 0.611. The van der Waals surface area contributed by atoms with Gasteiger partial charge in [0.15, 0.2) is 0 Å². The number of hydrogen-bond donors (Lipinski definition) is 2. The summed E-state index contributed by atoms with van der Waals surface area (Å²) in [5, 5.41) is 12.3. The molecule has 4 atom stereocenters. The third-order valence-electron chi connectivity index (χ3n) is 5.04. The molecule has 0 bridgehead atoms. The predicted molar refractivity (Wildman–Crippen MR) is 85.6 cm³/mol. The van der Waals surface area contributed by atoms with Crippen molar-refractivity contribution in [1.29, 1.82) is 0 Å². The lowest BCUT2D eigenvalue weighted by Crippen LogP contribution is -2.49. The number of carboxylic acid groups (broad SMARTS) is 1. The Labute approximate surface area is 131 Å². The van der Waals surface area contributed by atoms with Crippen LogP contribution in [0.3, 0.4) is 0 Å². The van der Waals surface area contributed by atoms with E-state index in [4.69, 9.17) is 9.84 Å². The molecule has 2 aliphatic heterocycles. The van der Waals surface area contributed by atoms with Crippen molar-refractivity contribution in [3.63, 3.8) is 0 Å². The van der Waals surface area contributed by atoms with E-state index in [0.29, 0.717) is 12.0 Å². The average molecular weight is 303 g/mol. The summed E-state index contributed by atoms with van der Waals surface area (Å²) in [5.74, 6) is -0.350. The molecule has 0 aromatic rings. The van der Waals surface area contributed by atoms with Crippen molar-refractivity contribution in [3.05, 3.63) is 36.0 Å². The number of piperidine rings is 1. The number of rotatable bonds is 7. The van der Waals surface area contributed by atoms with Gasteiger partial charge in [0.25, 0.3) is 0 Å². The predicted octanol–water partition coefficient (Wildman–Crippen LogP) is 2.82. The molecule has 3 rings (SSSR count). The molecule has 1 aliphatic carbocycles. The minimum absolute atomic E-state index is 0.226. The topological polar surface area (TPSA) is 61.9 Å². The van der Waals surface area contributed by atoms with Crippen molar-refractivity contribution in [1.82, 2.24) is 5.32 Å². The van der Waals surface area contributed by atoms with Gasteiger partial charge in [0.1, 0.15) is 5.60 Å². The van der Waals surface area contributed by atoms with Gasteiger partial charge in [-0.25, -0.2) is 4.79 Å². The number of hydrogen-bond acceptors (Lipinski definition) is 3. The SMILES string of the molecule is CCCCCC[C@H]1CN[C@H]2C=CC(=C/C=C/C(=O)O)[C@]23O[C@H]13. The number of epoxide rings is 1. The normalized spacial score (nSPS) is 37.5. The molecule has 0 aromatic carbocycles. The van der Waals surface area contributed by atoms with Crippen LogP contribution in [0.5, 0.6) is 0 Å². The first kappa shape index (κ1) is 15.5. The van der Waals surface area contributed by atoms with E-state index in [1.54, 1.807) is 6.08 Å². The molecule has 22 heavy (non-hydrogen) atoms. The van der Waals surface area contributed by atoms with Gasteiger partial charge in [-0.05, 0) is 12.0 Å². The van der Waals surface area contributed by atoms with Crippen molar-refractivity contribution in [3.8, 4) is 0 Å². The third kappa shape index (κ3) is 2.77. The average Bonchev–Trinajstić information content (AvgIpc) is 3.15. The molecule has 3 aliphatic rings. The second-order valence-electron chi connectivity index (χ2n) is 6.51. The van der Waals surface area contributed by atoms with Gasteiger partial charge in [0.2, 0.25) is 0 Å². The van der Waals surface area contributed by atoms with Crippen LogP contribution in [0.15, 0.2) is 36.0 Å². The highest BCUT2D eigenvalue weighted by Crippen LogP contribution is 2.56. The van der Waals surface area contributed by atoms with Crippen molar-refractivity contribution in [2.24, 2.45) is 5.92 Å². The summed E-state index contributed by atoms with van der Waals surface area (Å²) in [6, 6.07) is 0.244. The number of unbranched alkanes of at least 4 members (excludes halogenated alkanes) is 3. The molecular formula is C18H25NO3. The van der Waals surface area contributed by atoms with E-state index in [0.717, 1.165) is 12.1 Å². The number of carboxylic acids is 1. The molecule has 2 heterocycles. The van der Waals surface area contributed by atoms with E-state index in [1.807, 2.05) is 6.08 Å². The molecule has 4 nitrogen and oxygen atoms in total. The first-order chi connectivity index (χ1) is 10.7. The Morgan fingerprint density at radius 1 is 1.50 bits per heavy atom. The van der Waals surface area contributed by atoms with Gasteiger partial charge in [-0.3, -0.25) is 0 Å². The molecule has 4 heteroatoms. The molecule has 1 spiro atoms. The first-order valence-electron chi connectivity index (χ1n) is 8.39. The lowest BCUT2D eigenvalue weighted by atomic mass is 9.81. The van der Waals surface area contributed by atoms with Crippen molar-refractivity contribution < 1.29 is 14.6 Å². The fourth-order valence-electron chi connectivity index (χ4n) is 3.87. The maximum Gasteiger partial charge on any atom is 0.328 e. The highest BCUT2D eigenvalue weighted by atomic mass is 16.6. The Kier molecular flexibility index (Phi) is 4.50. The van der Waals surface area contributed by atoms with E-state index >= 15 is 0 Å². The van der Waals surface area contributed by atoms with Crippen LogP contribution in [0.4, 0.5) is 0 Å². The van der Waals surface area contributed by atoms with Gasteiger partial charge in [-0.15, -0.1) is 0 Å². The summed E-state index contributed by atoms with van der Waals surface area (Å²) in [6.45, 7) is 3.25. The maximum absolute atomic E-state index is 10.6. The molecule has 0 unspecified atom stereocenters. The molecular weight excluding hydrogens is 278 g/mol. The fourth-order valence-corrected chi connectivity index (χ4v) is 3.87. The molecule has 2 N–H and O–H groups in total. The summed E-state index contributed by atoms with van der Waals surface area (Å²) in [6.07, 6.45) is 15.5. The molecule has 0 radical (unpaired) electrons. The molecule has 2 fully saturated rings. The Bertz CT molecular complexity index is 522. The highest BCUT2D eigenvalue weighted by Gasteiger charge is 2.68. The largest absolute Gasteiger partial charge is 0.478 e. The zero-order valence-corrected chi connectivity index (χ0v) is 13.1. The summed E-state index contributed by atoms with van der Waals surface area (Å²) in [7, 11) is 0. The summed E-state index contributed by atoms with van der Waals surface area (Å²) >= 11 is 0. The van der Waals surface area contributed by atoms with Crippen molar-refractivity contribution in [2.75, 3.05) is 6.54 Å². The lowest BCUT2D eigenvalue weighted by Gasteiger charge is -2.29. The number of ether oxygens (including phenoxy) is 1. The van der Waals surface area contributed by atoms with Gasteiger partial charge in [0, 0.05) is 18.5 Å². The van der Waals surface area contributed by atoms with E-state index in [2.05, 4.69) is 24.4 Å². The lowest BCUT2D eigenvalue weighted by molar-refractivity contribution is -0.131. The number of aliphatic carboxylic acids is 1. The third-order valence-corrected chi connectivity index (χ3v) is 5.04. The Morgan fingerprint density at radius 2 is 2.36 bits per heavy atom. The monoisotopic (exact) mass is 303 g/mol. The van der Waals surface area contributed by atoms with Crippen LogP contribution in [-0.4, -0.2) is 35.4 Å². The van der Waals surface area contributed by atoms with Crippen LogP contribution in [0.2, 0.25) is 0 Å². The van der Waals surface area contributed by atoms with E-state index in [1.165, 1.54) is 38.2 Å².